The lowest BCUT2D eigenvalue weighted by molar-refractivity contribution is -0.139. The van der Waals surface area contributed by atoms with Crippen LogP contribution in [0.25, 0.3) is 0 Å². The van der Waals surface area contributed by atoms with Crippen molar-refractivity contribution in [2.24, 2.45) is 0 Å². The van der Waals surface area contributed by atoms with E-state index in [2.05, 4.69) is 13.5 Å². The van der Waals surface area contributed by atoms with E-state index in [0.717, 1.165) is 6.42 Å². The fourth-order valence-corrected chi connectivity index (χ4v) is 3.08. The van der Waals surface area contributed by atoms with Gasteiger partial charge in [-0.15, -0.1) is 0 Å². The molecule has 0 heterocycles. The average molecular weight is 455 g/mol. The van der Waals surface area contributed by atoms with E-state index in [1.54, 1.807) is 6.92 Å². The highest BCUT2D eigenvalue weighted by Crippen LogP contribution is 2.13. The highest BCUT2D eigenvalue weighted by molar-refractivity contribution is 5.89. The van der Waals surface area contributed by atoms with Gasteiger partial charge < -0.3 is 14.9 Å². The quantitative estimate of drug-likeness (QED) is 0.116. The van der Waals surface area contributed by atoms with Crippen molar-refractivity contribution in [1.29, 1.82) is 0 Å². The molecule has 6 nitrogen and oxygen atoms in total. The van der Waals surface area contributed by atoms with E-state index < -0.39 is 11.9 Å². The number of carboxylic acids is 2. The van der Waals surface area contributed by atoms with Crippen molar-refractivity contribution >= 4 is 17.9 Å². The number of carbonyl (C=O) groups excluding carboxylic acids is 1. The van der Waals surface area contributed by atoms with Gasteiger partial charge in [0.2, 0.25) is 0 Å². The molecule has 186 valence electrons. The van der Waals surface area contributed by atoms with Crippen LogP contribution in [0.5, 0.6) is 0 Å². The molecule has 0 aromatic heterocycles. The monoisotopic (exact) mass is 454 g/mol. The first-order valence-corrected chi connectivity index (χ1v) is 12.3. The number of aliphatic carboxylic acids is 2. The summed E-state index contributed by atoms with van der Waals surface area (Å²) in [6.07, 6.45) is 22.9. The molecule has 0 saturated heterocycles. The zero-order valence-corrected chi connectivity index (χ0v) is 20.4. The molecule has 0 aliphatic heterocycles. The summed E-state index contributed by atoms with van der Waals surface area (Å²) in [7, 11) is 0. The van der Waals surface area contributed by atoms with Gasteiger partial charge in [-0.3, -0.25) is 0 Å². The molecule has 0 aliphatic carbocycles. The lowest BCUT2D eigenvalue weighted by Crippen LogP contribution is -2.05. The van der Waals surface area contributed by atoms with Crippen LogP contribution in [0, 0.1) is 0 Å². The van der Waals surface area contributed by atoms with E-state index in [1.807, 2.05) is 0 Å². The van der Waals surface area contributed by atoms with Crippen LogP contribution >= 0.6 is 0 Å². The van der Waals surface area contributed by atoms with Crippen molar-refractivity contribution in [2.75, 3.05) is 6.61 Å². The van der Waals surface area contributed by atoms with Crippen LogP contribution in [-0.4, -0.2) is 34.7 Å². The minimum Gasteiger partial charge on any atom is -0.478 e. The normalized spacial score (nSPS) is 10.4. The van der Waals surface area contributed by atoms with Crippen molar-refractivity contribution in [1.82, 2.24) is 0 Å². The van der Waals surface area contributed by atoms with Crippen molar-refractivity contribution in [3.8, 4) is 0 Å². The van der Waals surface area contributed by atoms with E-state index in [4.69, 9.17) is 14.9 Å². The Morgan fingerprint density at radius 3 is 1.25 bits per heavy atom. The molecule has 2 N–H and O–H groups in total. The number of rotatable bonds is 20. The first kappa shape index (κ1) is 32.1. The van der Waals surface area contributed by atoms with Gasteiger partial charge in [0.1, 0.15) is 0 Å². The Labute approximate surface area is 195 Å². The summed E-state index contributed by atoms with van der Waals surface area (Å²) in [5, 5.41) is 15.6. The molecular weight excluding hydrogens is 408 g/mol. The number of unbranched alkanes of at least 4 members (excludes halogenated alkanes) is 15. The first-order valence-electron chi connectivity index (χ1n) is 12.3. The van der Waals surface area contributed by atoms with Gasteiger partial charge in [0.05, 0.1) is 6.61 Å². The third-order valence-corrected chi connectivity index (χ3v) is 4.95. The Bertz CT molecular complexity index is 508. The molecule has 0 radical (unpaired) electrons. The second-order valence-corrected chi connectivity index (χ2v) is 8.23. The molecule has 0 rings (SSSR count). The Balaban J connectivity index is 0. The lowest BCUT2D eigenvalue weighted by atomic mass is 10.0. The summed E-state index contributed by atoms with van der Waals surface area (Å²) in [5.41, 5.74) is 0.492. The number of hydrogen-bond donors (Lipinski definition) is 2. The molecule has 0 fully saturated rings. The summed E-state index contributed by atoms with van der Waals surface area (Å²) in [4.78, 5) is 30.3. The predicted octanol–water partition coefficient (Wildman–Crippen LogP) is 7.08. The molecule has 6 heteroatoms. The maximum Gasteiger partial charge on any atom is 0.333 e. The Kier molecular flexibility index (Phi) is 25.2. The summed E-state index contributed by atoms with van der Waals surface area (Å²) in [6, 6.07) is 0. The van der Waals surface area contributed by atoms with E-state index in [1.165, 1.54) is 96.3 Å². The molecule has 32 heavy (non-hydrogen) atoms. The van der Waals surface area contributed by atoms with Gasteiger partial charge in [-0.25, -0.2) is 14.4 Å². The van der Waals surface area contributed by atoms with Gasteiger partial charge in [-0.2, -0.15) is 0 Å². The second-order valence-electron chi connectivity index (χ2n) is 8.23. The fourth-order valence-electron chi connectivity index (χ4n) is 3.08. The largest absolute Gasteiger partial charge is 0.478 e. The summed E-state index contributed by atoms with van der Waals surface area (Å²) >= 11 is 0. The lowest BCUT2D eigenvalue weighted by Gasteiger charge is -2.05. The van der Waals surface area contributed by atoms with Crippen LogP contribution in [0.2, 0.25) is 0 Å². The molecule has 0 aromatic carbocycles. The highest BCUT2D eigenvalue weighted by atomic mass is 16.5. The average Bonchev–Trinajstić information content (AvgIpc) is 2.74. The minimum atomic E-state index is -1.26. The van der Waals surface area contributed by atoms with Crippen LogP contribution in [0.3, 0.4) is 0 Å². The van der Waals surface area contributed by atoms with E-state index in [9.17, 15) is 14.4 Å². The Morgan fingerprint density at radius 1 is 0.656 bits per heavy atom. The topological polar surface area (TPSA) is 101 Å². The van der Waals surface area contributed by atoms with Crippen LogP contribution < -0.4 is 0 Å². The zero-order valence-electron chi connectivity index (χ0n) is 20.4. The van der Waals surface area contributed by atoms with E-state index in [0.29, 0.717) is 24.3 Å². The minimum absolute atomic E-state index is 0.254. The zero-order chi connectivity index (χ0) is 24.5. The number of hydrogen-bond acceptors (Lipinski definition) is 4. The van der Waals surface area contributed by atoms with Crippen LogP contribution in [0.4, 0.5) is 0 Å². The smallest absolute Gasteiger partial charge is 0.333 e. The SMILES string of the molecule is C=C(C)C(=O)OCCCCCCCCCCCCCCCCCC.O=C(O)/C=C/C(=O)O. The molecule has 0 saturated carbocycles. The maximum atomic E-state index is 11.2. The Morgan fingerprint density at radius 2 is 0.969 bits per heavy atom. The third-order valence-electron chi connectivity index (χ3n) is 4.95. The molecule has 0 aliphatic rings. The maximum absolute atomic E-state index is 11.2. The number of esters is 1. The van der Waals surface area contributed by atoms with Gasteiger partial charge in [-0.1, -0.05) is 110 Å². The van der Waals surface area contributed by atoms with Crippen LogP contribution in [-0.2, 0) is 19.1 Å². The molecule has 0 amide bonds. The number of carboxylic acid groups (broad SMARTS) is 2. The van der Waals surface area contributed by atoms with Crippen molar-refractivity contribution in [3.05, 3.63) is 24.3 Å². The standard InChI is InChI=1S/C22H42O2.C4H4O4/c1-4-5-6-7-8-9-10-11-12-13-14-15-16-17-18-19-20-24-22(23)21(2)3;5-3(6)1-2-4(7)8/h2,4-20H2,1,3H3;1-2H,(H,5,6)(H,7,8)/b;2-1+. The summed E-state index contributed by atoms with van der Waals surface area (Å²) in [5.74, 6) is -2.77. The van der Waals surface area contributed by atoms with Crippen molar-refractivity contribution < 1.29 is 29.3 Å². The van der Waals surface area contributed by atoms with Gasteiger partial charge in [0, 0.05) is 17.7 Å². The van der Waals surface area contributed by atoms with Gasteiger partial charge in [-0.05, 0) is 13.3 Å². The molecule has 0 atom stereocenters. The second kappa shape index (κ2) is 25.2. The summed E-state index contributed by atoms with van der Waals surface area (Å²) < 4.78 is 5.08. The Hall–Kier alpha value is -2.11. The van der Waals surface area contributed by atoms with Crippen LogP contribution in [0.1, 0.15) is 117 Å². The first-order chi connectivity index (χ1) is 15.3. The van der Waals surface area contributed by atoms with Gasteiger partial charge in [0.25, 0.3) is 0 Å². The molecule has 0 aromatic rings. The van der Waals surface area contributed by atoms with Gasteiger partial charge >= 0.3 is 17.9 Å². The van der Waals surface area contributed by atoms with Crippen LogP contribution in [0.15, 0.2) is 24.3 Å². The van der Waals surface area contributed by atoms with Gasteiger partial charge in [0.15, 0.2) is 0 Å². The molecule has 0 spiro atoms. The third kappa shape index (κ3) is 30.1. The molecular formula is C26H46O6. The fraction of sp³-hybridized carbons (Fsp3) is 0.731. The van der Waals surface area contributed by atoms with E-state index in [-0.39, 0.29) is 5.97 Å². The van der Waals surface area contributed by atoms with Crippen molar-refractivity contribution in [3.63, 3.8) is 0 Å². The summed E-state index contributed by atoms with van der Waals surface area (Å²) in [6.45, 7) is 8.09. The number of carbonyl (C=O) groups is 3. The molecule has 0 bridgehead atoms. The number of ether oxygens (including phenoxy) is 1. The predicted molar refractivity (Wildman–Crippen MR) is 130 cm³/mol. The van der Waals surface area contributed by atoms with E-state index >= 15 is 0 Å². The van der Waals surface area contributed by atoms with Crippen molar-refractivity contribution in [2.45, 2.75) is 117 Å². The highest BCUT2D eigenvalue weighted by Gasteiger charge is 2.01. The molecule has 0 unspecified atom stereocenters.